The van der Waals surface area contributed by atoms with Gasteiger partial charge in [-0.05, 0) is 38.0 Å². The molecule has 19 heavy (non-hydrogen) atoms. The Labute approximate surface area is 121 Å². The molecule has 1 fully saturated rings. The second-order valence-corrected chi connectivity index (χ2v) is 5.82. The molecule has 0 saturated heterocycles. The second kappa shape index (κ2) is 6.48. The number of carbonyl (C=O) groups excluding carboxylic acids is 1. The van der Waals surface area contributed by atoms with E-state index in [1.807, 2.05) is 6.92 Å². The first-order chi connectivity index (χ1) is 9.08. The summed E-state index contributed by atoms with van der Waals surface area (Å²) in [4.78, 5) is 11.4. The number of hydrogen-bond donors (Lipinski definition) is 2. The highest BCUT2D eigenvalue weighted by molar-refractivity contribution is 9.10. The fourth-order valence-corrected chi connectivity index (χ4v) is 2.30. The van der Waals surface area contributed by atoms with Gasteiger partial charge in [0.15, 0.2) is 0 Å². The van der Waals surface area contributed by atoms with Crippen LogP contribution in [0.15, 0.2) is 22.7 Å². The molecule has 2 N–H and O–H groups in total. The van der Waals surface area contributed by atoms with Crippen LogP contribution in [-0.4, -0.2) is 19.0 Å². The fraction of sp³-hybridized carbons (Fsp3) is 0.500. The van der Waals surface area contributed by atoms with Crippen molar-refractivity contribution < 1.29 is 9.18 Å². The van der Waals surface area contributed by atoms with E-state index in [0.29, 0.717) is 18.7 Å². The van der Waals surface area contributed by atoms with Crippen molar-refractivity contribution in [3.05, 3.63) is 34.1 Å². The minimum absolute atomic E-state index is 0.0877. The van der Waals surface area contributed by atoms with E-state index in [0.717, 1.165) is 17.3 Å². The average molecular weight is 329 g/mol. The van der Waals surface area contributed by atoms with Crippen LogP contribution < -0.4 is 10.6 Å². The molecule has 104 valence electrons. The van der Waals surface area contributed by atoms with E-state index in [1.54, 1.807) is 12.1 Å². The van der Waals surface area contributed by atoms with Gasteiger partial charge in [-0.3, -0.25) is 4.79 Å². The predicted octanol–water partition coefficient (Wildman–Crippen LogP) is 2.77. The topological polar surface area (TPSA) is 41.1 Å². The molecule has 1 aromatic carbocycles. The minimum atomic E-state index is -0.217. The molecule has 0 aromatic heterocycles. The molecule has 1 atom stereocenters. The first kappa shape index (κ1) is 14.5. The van der Waals surface area contributed by atoms with Gasteiger partial charge in [-0.15, -0.1) is 0 Å². The van der Waals surface area contributed by atoms with Crippen molar-refractivity contribution in [2.24, 2.45) is 5.92 Å². The molecular formula is C14H18BrFN2O. The molecule has 0 aliphatic heterocycles. The lowest BCUT2D eigenvalue weighted by molar-refractivity contribution is -0.122. The Morgan fingerprint density at radius 2 is 2.21 bits per heavy atom. The first-order valence-electron chi connectivity index (χ1n) is 6.54. The van der Waals surface area contributed by atoms with Crippen molar-refractivity contribution in [2.45, 2.75) is 25.8 Å². The summed E-state index contributed by atoms with van der Waals surface area (Å²) in [5.41, 5.74) is 0.628. The zero-order valence-corrected chi connectivity index (χ0v) is 12.5. The molecule has 0 heterocycles. The lowest BCUT2D eigenvalue weighted by Crippen LogP contribution is -2.33. The first-order valence-corrected chi connectivity index (χ1v) is 7.33. The summed E-state index contributed by atoms with van der Waals surface area (Å²) in [6.45, 7) is 3.12. The van der Waals surface area contributed by atoms with Crippen molar-refractivity contribution in [2.75, 3.05) is 13.1 Å². The number of halogens is 2. The number of nitrogens with one attached hydrogen (secondary N) is 2. The zero-order chi connectivity index (χ0) is 13.8. The molecule has 0 spiro atoms. The van der Waals surface area contributed by atoms with Gasteiger partial charge >= 0.3 is 0 Å². The normalized spacial score (nSPS) is 16.2. The van der Waals surface area contributed by atoms with E-state index in [2.05, 4.69) is 26.6 Å². The van der Waals surface area contributed by atoms with Gasteiger partial charge in [0.1, 0.15) is 5.82 Å². The number of hydrogen-bond acceptors (Lipinski definition) is 2. The van der Waals surface area contributed by atoms with E-state index in [1.165, 1.54) is 6.07 Å². The monoisotopic (exact) mass is 328 g/mol. The maximum absolute atomic E-state index is 13.6. The van der Waals surface area contributed by atoms with Crippen LogP contribution >= 0.6 is 15.9 Å². The Kier molecular flexibility index (Phi) is 4.93. The van der Waals surface area contributed by atoms with Gasteiger partial charge in [0, 0.05) is 35.1 Å². The lowest BCUT2D eigenvalue weighted by atomic mass is 10.1. The van der Waals surface area contributed by atoms with Crippen molar-refractivity contribution in [3.8, 4) is 0 Å². The Balaban J connectivity index is 1.75. The van der Waals surface area contributed by atoms with Gasteiger partial charge in [-0.2, -0.15) is 0 Å². The highest BCUT2D eigenvalue weighted by atomic mass is 79.9. The maximum atomic E-state index is 13.6. The van der Waals surface area contributed by atoms with Crippen LogP contribution in [0.4, 0.5) is 4.39 Å². The number of rotatable bonds is 6. The standard InChI is InChI=1S/C14H18BrFN2O/c1-9(12-8-11(15)4-5-13(12)16)17-6-7-18-14(19)10-2-3-10/h4-5,8-10,17H,2-3,6-7H2,1H3,(H,18,19). The SMILES string of the molecule is CC(NCCNC(=O)C1CC1)c1cc(Br)ccc1F. The molecule has 1 unspecified atom stereocenters. The largest absolute Gasteiger partial charge is 0.355 e. The van der Waals surface area contributed by atoms with Crippen LogP contribution in [0.5, 0.6) is 0 Å². The van der Waals surface area contributed by atoms with E-state index in [-0.39, 0.29) is 23.7 Å². The van der Waals surface area contributed by atoms with Gasteiger partial charge in [0.2, 0.25) is 5.91 Å². The van der Waals surface area contributed by atoms with Crippen molar-refractivity contribution in [1.82, 2.24) is 10.6 Å². The molecule has 5 heteroatoms. The summed E-state index contributed by atoms with van der Waals surface area (Å²) in [5, 5.41) is 6.08. The number of benzene rings is 1. The summed E-state index contributed by atoms with van der Waals surface area (Å²) < 4.78 is 14.5. The number of amides is 1. The van der Waals surface area contributed by atoms with Gasteiger partial charge in [-0.1, -0.05) is 15.9 Å². The van der Waals surface area contributed by atoms with Crippen LogP contribution in [0.1, 0.15) is 31.4 Å². The summed E-state index contributed by atoms with van der Waals surface area (Å²) in [6.07, 6.45) is 2.03. The quantitative estimate of drug-likeness (QED) is 0.788. The zero-order valence-electron chi connectivity index (χ0n) is 10.9. The third-order valence-corrected chi connectivity index (χ3v) is 3.74. The Hall–Kier alpha value is -0.940. The maximum Gasteiger partial charge on any atom is 0.223 e. The number of carbonyl (C=O) groups is 1. The van der Waals surface area contributed by atoms with Crippen LogP contribution in [0.3, 0.4) is 0 Å². The van der Waals surface area contributed by atoms with E-state index < -0.39 is 0 Å². The Bertz CT molecular complexity index is 463. The fourth-order valence-electron chi connectivity index (χ4n) is 1.92. The molecule has 2 rings (SSSR count). The van der Waals surface area contributed by atoms with E-state index in [9.17, 15) is 9.18 Å². The molecular weight excluding hydrogens is 311 g/mol. The predicted molar refractivity (Wildman–Crippen MR) is 76.3 cm³/mol. The Morgan fingerprint density at radius 1 is 1.47 bits per heavy atom. The van der Waals surface area contributed by atoms with Crippen molar-refractivity contribution >= 4 is 21.8 Å². The second-order valence-electron chi connectivity index (χ2n) is 4.91. The minimum Gasteiger partial charge on any atom is -0.355 e. The van der Waals surface area contributed by atoms with Crippen LogP contribution in [0, 0.1) is 11.7 Å². The molecule has 1 aromatic rings. The molecule has 1 aliphatic carbocycles. The molecule has 1 amide bonds. The van der Waals surface area contributed by atoms with Crippen LogP contribution in [0.2, 0.25) is 0 Å². The average Bonchev–Trinajstić information content (AvgIpc) is 3.21. The molecule has 3 nitrogen and oxygen atoms in total. The molecule has 1 saturated carbocycles. The van der Waals surface area contributed by atoms with Crippen molar-refractivity contribution in [1.29, 1.82) is 0 Å². The summed E-state index contributed by atoms with van der Waals surface area (Å²) >= 11 is 3.34. The summed E-state index contributed by atoms with van der Waals surface area (Å²) in [5.74, 6) is 0.160. The third kappa shape index (κ3) is 4.28. The van der Waals surface area contributed by atoms with Gasteiger partial charge in [0.05, 0.1) is 0 Å². The van der Waals surface area contributed by atoms with Crippen LogP contribution in [0.25, 0.3) is 0 Å². The van der Waals surface area contributed by atoms with Gasteiger partial charge in [0.25, 0.3) is 0 Å². The van der Waals surface area contributed by atoms with Gasteiger partial charge < -0.3 is 10.6 Å². The highest BCUT2D eigenvalue weighted by Crippen LogP contribution is 2.28. The summed E-state index contributed by atoms with van der Waals surface area (Å²) in [6, 6.07) is 4.82. The highest BCUT2D eigenvalue weighted by Gasteiger charge is 2.28. The van der Waals surface area contributed by atoms with Crippen LogP contribution in [-0.2, 0) is 4.79 Å². The third-order valence-electron chi connectivity index (χ3n) is 3.25. The van der Waals surface area contributed by atoms with Gasteiger partial charge in [-0.25, -0.2) is 4.39 Å². The van der Waals surface area contributed by atoms with E-state index >= 15 is 0 Å². The summed E-state index contributed by atoms with van der Waals surface area (Å²) in [7, 11) is 0. The molecule has 0 radical (unpaired) electrons. The smallest absolute Gasteiger partial charge is 0.223 e. The molecule has 1 aliphatic rings. The Morgan fingerprint density at radius 3 is 2.89 bits per heavy atom. The molecule has 0 bridgehead atoms. The van der Waals surface area contributed by atoms with E-state index in [4.69, 9.17) is 0 Å². The van der Waals surface area contributed by atoms with Crippen molar-refractivity contribution in [3.63, 3.8) is 0 Å². The lowest BCUT2D eigenvalue weighted by Gasteiger charge is -2.15.